The van der Waals surface area contributed by atoms with E-state index in [9.17, 15) is 9.90 Å². The third kappa shape index (κ3) is 3.07. The Kier molecular flexibility index (Phi) is 4.31. The van der Waals surface area contributed by atoms with Crippen LogP contribution in [0.2, 0.25) is 0 Å². The molecular weight excluding hydrogens is 250 g/mol. The number of anilines is 1. The molecule has 6 heteroatoms. The third-order valence-electron chi connectivity index (χ3n) is 3.10. The molecule has 1 aliphatic rings. The van der Waals surface area contributed by atoms with Crippen molar-refractivity contribution in [2.75, 3.05) is 24.5 Å². The van der Waals surface area contributed by atoms with Gasteiger partial charge in [-0.1, -0.05) is 0 Å². The first kappa shape index (κ1) is 13.5. The zero-order valence-electron chi connectivity index (χ0n) is 10.8. The number of rotatable bonds is 4. The van der Waals surface area contributed by atoms with Crippen molar-refractivity contribution in [2.45, 2.75) is 32.9 Å². The lowest BCUT2D eigenvalue weighted by Crippen LogP contribution is -2.28. The summed E-state index contributed by atoms with van der Waals surface area (Å²) in [5.74, 6) is 0.0231. The average molecular weight is 269 g/mol. The molecule has 1 fully saturated rings. The molecule has 1 amide bonds. The van der Waals surface area contributed by atoms with Crippen LogP contribution < -0.4 is 4.90 Å². The summed E-state index contributed by atoms with van der Waals surface area (Å²) in [7, 11) is 0. The maximum absolute atomic E-state index is 11.4. The number of β-amino-alcohol motifs (C(OH)–C–C–N with tert-alkyl or cyclic N) is 1. The van der Waals surface area contributed by atoms with Crippen molar-refractivity contribution in [3.63, 3.8) is 0 Å². The van der Waals surface area contributed by atoms with Crippen LogP contribution in [0.25, 0.3) is 0 Å². The molecular formula is C12H19N3O2S. The second kappa shape index (κ2) is 5.77. The summed E-state index contributed by atoms with van der Waals surface area (Å²) >= 11 is 1.50. The van der Waals surface area contributed by atoms with Gasteiger partial charge in [-0.05, 0) is 13.3 Å². The molecule has 2 rings (SSSR count). The first-order valence-electron chi connectivity index (χ1n) is 6.23. The lowest BCUT2D eigenvalue weighted by molar-refractivity contribution is -0.116. The van der Waals surface area contributed by atoms with Crippen LogP contribution in [0.5, 0.6) is 0 Å². The highest BCUT2D eigenvalue weighted by Crippen LogP contribution is 2.22. The van der Waals surface area contributed by atoms with E-state index >= 15 is 0 Å². The van der Waals surface area contributed by atoms with Gasteiger partial charge in [-0.15, -0.1) is 11.3 Å². The summed E-state index contributed by atoms with van der Waals surface area (Å²) in [6, 6.07) is 0. The van der Waals surface area contributed by atoms with Gasteiger partial charge >= 0.3 is 0 Å². The average Bonchev–Trinajstić information content (AvgIpc) is 2.90. The summed E-state index contributed by atoms with van der Waals surface area (Å²) in [6.07, 6.45) is 0.637. The Morgan fingerprint density at radius 3 is 3.06 bits per heavy atom. The Hall–Kier alpha value is -0.980. The fourth-order valence-corrected chi connectivity index (χ4v) is 3.09. The van der Waals surface area contributed by atoms with Crippen molar-refractivity contribution in [1.29, 1.82) is 0 Å². The van der Waals surface area contributed by atoms with E-state index in [0.717, 1.165) is 36.9 Å². The minimum absolute atomic E-state index is 0.0231. The number of aliphatic hydroxyl groups excluding tert-OH is 1. The Labute approximate surface area is 111 Å². The Morgan fingerprint density at radius 1 is 1.72 bits per heavy atom. The predicted molar refractivity (Wildman–Crippen MR) is 71.7 cm³/mol. The Morgan fingerprint density at radius 2 is 2.50 bits per heavy atom. The second-order valence-corrected chi connectivity index (χ2v) is 5.40. The minimum Gasteiger partial charge on any atom is -0.392 e. The molecule has 0 unspecified atom stereocenters. The molecule has 1 saturated heterocycles. The standard InChI is InChI=1S/C12H19N3O2S/c1-3-15(9(2)16)12-13-10(8-18-12)6-14-5-4-11(17)7-14/h8,11,17H,3-7H2,1-2H3/t11-/m0/s1. The Balaban J connectivity index is 1.99. The molecule has 1 atom stereocenters. The van der Waals surface area contributed by atoms with Crippen molar-refractivity contribution >= 4 is 22.4 Å². The van der Waals surface area contributed by atoms with E-state index in [0.29, 0.717) is 6.54 Å². The van der Waals surface area contributed by atoms with Gasteiger partial charge in [0, 0.05) is 38.5 Å². The normalized spacial score (nSPS) is 20.3. The number of aromatic nitrogens is 1. The largest absolute Gasteiger partial charge is 0.392 e. The first-order chi connectivity index (χ1) is 8.60. The van der Waals surface area contributed by atoms with Crippen LogP contribution in [-0.4, -0.2) is 46.6 Å². The van der Waals surface area contributed by atoms with Gasteiger partial charge in [0.15, 0.2) is 5.13 Å². The molecule has 0 radical (unpaired) electrons. The highest BCUT2D eigenvalue weighted by molar-refractivity contribution is 7.14. The molecule has 0 bridgehead atoms. The van der Waals surface area contributed by atoms with E-state index in [4.69, 9.17) is 0 Å². The minimum atomic E-state index is -0.201. The van der Waals surface area contributed by atoms with Crippen LogP contribution in [0, 0.1) is 0 Å². The highest BCUT2D eigenvalue weighted by atomic mass is 32.1. The van der Waals surface area contributed by atoms with E-state index in [2.05, 4.69) is 9.88 Å². The van der Waals surface area contributed by atoms with Crippen LogP contribution in [-0.2, 0) is 11.3 Å². The third-order valence-corrected chi connectivity index (χ3v) is 4.01. The molecule has 1 aromatic rings. The number of aliphatic hydroxyl groups is 1. The number of hydrogen-bond acceptors (Lipinski definition) is 5. The van der Waals surface area contributed by atoms with Gasteiger partial charge in [0.1, 0.15) is 0 Å². The lowest BCUT2D eigenvalue weighted by atomic mass is 10.3. The fraction of sp³-hybridized carbons (Fsp3) is 0.667. The zero-order chi connectivity index (χ0) is 13.1. The molecule has 0 saturated carbocycles. The molecule has 1 aliphatic heterocycles. The number of thiazole rings is 1. The van der Waals surface area contributed by atoms with E-state index in [1.807, 2.05) is 12.3 Å². The second-order valence-electron chi connectivity index (χ2n) is 4.56. The summed E-state index contributed by atoms with van der Waals surface area (Å²) in [4.78, 5) is 19.8. The topological polar surface area (TPSA) is 56.7 Å². The van der Waals surface area contributed by atoms with E-state index in [1.54, 1.807) is 11.8 Å². The van der Waals surface area contributed by atoms with Crippen LogP contribution in [0.3, 0.4) is 0 Å². The summed E-state index contributed by atoms with van der Waals surface area (Å²) in [6.45, 7) is 6.53. The molecule has 100 valence electrons. The monoisotopic (exact) mass is 269 g/mol. The maximum Gasteiger partial charge on any atom is 0.225 e. The number of hydrogen-bond donors (Lipinski definition) is 1. The molecule has 0 spiro atoms. The van der Waals surface area contributed by atoms with Gasteiger partial charge in [0.05, 0.1) is 11.8 Å². The number of nitrogens with zero attached hydrogens (tertiary/aromatic N) is 3. The van der Waals surface area contributed by atoms with Crippen LogP contribution in [0.1, 0.15) is 26.0 Å². The van der Waals surface area contributed by atoms with E-state index in [1.165, 1.54) is 11.3 Å². The quantitative estimate of drug-likeness (QED) is 0.889. The number of carbonyl (C=O) groups excluding carboxylic acids is 1. The Bertz CT molecular complexity index is 421. The van der Waals surface area contributed by atoms with Crippen LogP contribution >= 0.6 is 11.3 Å². The van der Waals surface area contributed by atoms with Crippen molar-refractivity contribution in [2.24, 2.45) is 0 Å². The highest BCUT2D eigenvalue weighted by Gasteiger charge is 2.21. The molecule has 5 nitrogen and oxygen atoms in total. The number of likely N-dealkylation sites (tertiary alicyclic amines) is 1. The van der Waals surface area contributed by atoms with Crippen molar-refractivity contribution in [3.05, 3.63) is 11.1 Å². The van der Waals surface area contributed by atoms with Crippen LogP contribution in [0.4, 0.5) is 5.13 Å². The van der Waals surface area contributed by atoms with Crippen molar-refractivity contribution in [3.8, 4) is 0 Å². The number of carbonyl (C=O) groups is 1. The van der Waals surface area contributed by atoms with E-state index < -0.39 is 0 Å². The lowest BCUT2D eigenvalue weighted by Gasteiger charge is -2.15. The zero-order valence-corrected chi connectivity index (χ0v) is 11.6. The fourth-order valence-electron chi connectivity index (χ4n) is 2.17. The van der Waals surface area contributed by atoms with Crippen LogP contribution in [0.15, 0.2) is 5.38 Å². The van der Waals surface area contributed by atoms with Gasteiger partial charge in [-0.25, -0.2) is 4.98 Å². The summed E-state index contributed by atoms with van der Waals surface area (Å²) in [5, 5.41) is 12.2. The molecule has 1 N–H and O–H groups in total. The smallest absolute Gasteiger partial charge is 0.225 e. The van der Waals surface area contributed by atoms with Gasteiger partial charge in [0.25, 0.3) is 0 Å². The summed E-state index contributed by atoms with van der Waals surface area (Å²) in [5.41, 5.74) is 0.976. The van der Waals surface area contributed by atoms with Gasteiger partial charge in [-0.2, -0.15) is 0 Å². The van der Waals surface area contributed by atoms with Gasteiger partial charge < -0.3 is 5.11 Å². The first-order valence-corrected chi connectivity index (χ1v) is 7.11. The van der Waals surface area contributed by atoms with Crippen molar-refractivity contribution in [1.82, 2.24) is 9.88 Å². The number of amides is 1. The summed E-state index contributed by atoms with van der Waals surface area (Å²) < 4.78 is 0. The molecule has 18 heavy (non-hydrogen) atoms. The molecule has 0 aliphatic carbocycles. The molecule has 2 heterocycles. The molecule has 1 aromatic heterocycles. The van der Waals surface area contributed by atoms with E-state index in [-0.39, 0.29) is 12.0 Å². The molecule has 0 aromatic carbocycles. The SMILES string of the molecule is CCN(C(C)=O)c1nc(CN2CC[C@H](O)C2)cs1. The maximum atomic E-state index is 11.4. The van der Waals surface area contributed by atoms with Gasteiger partial charge in [0.2, 0.25) is 5.91 Å². The predicted octanol–water partition coefficient (Wildman–Crippen LogP) is 1.08. The van der Waals surface area contributed by atoms with Gasteiger partial charge in [-0.3, -0.25) is 14.6 Å². The van der Waals surface area contributed by atoms with Crippen molar-refractivity contribution < 1.29 is 9.90 Å².